The molecule has 1 aliphatic rings. The molecule has 0 saturated carbocycles. The number of aliphatic hydroxyl groups excluding tert-OH is 1. The van der Waals surface area contributed by atoms with Gasteiger partial charge in [0.25, 0.3) is 0 Å². The largest absolute Gasteiger partial charge is 0.396 e. The number of likely N-dealkylation sites (tertiary alicyclic amines) is 1. The molecule has 0 aromatic heterocycles. The summed E-state index contributed by atoms with van der Waals surface area (Å²) in [5, 5.41) is 8.96. The monoisotopic (exact) mass is 185 g/mol. The second kappa shape index (κ2) is 6.39. The van der Waals surface area contributed by atoms with Crippen molar-refractivity contribution in [2.75, 3.05) is 26.2 Å². The van der Waals surface area contributed by atoms with E-state index in [0.717, 1.165) is 6.54 Å². The number of hydrogen-bond donors (Lipinski definition) is 1. The standard InChI is InChI=1S/C11H23NO/c1-11(10-13)9-12-7-5-3-2-4-6-8-12/h11,13H,2-10H2,1H3. The first kappa shape index (κ1) is 11.0. The average molecular weight is 185 g/mol. The minimum atomic E-state index is 0.330. The molecule has 0 amide bonds. The molecular weight excluding hydrogens is 162 g/mol. The summed E-state index contributed by atoms with van der Waals surface area (Å²) in [4.78, 5) is 2.51. The van der Waals surface area contributed by atoms with Crippen molar-refractivity contribution in [3.05, 3.63) is 0 Å². The molecule has 1 N–H and O–H groups in total. The van der Waals surface area contributed by atoms with Crippen molar-refractivity contribution in [3.63, 3.8) is 0 Å². The van der Waals surface area contributed by atoms with Gasteiger partial charge in [0.15, 0.2) is 0 Å². The van der Waals surface area contributed by atoms with Crippen molar-refractivity contribution in [3.8, 4) is 0 Å². The molecule has 0 aliphatic carbocycles. The summed E-state index contributed by atoms with van der Waals surface area (Å²) in [6, 6.07) is 0. The first-order valence-electron chi connectivity index (χ1n) is 5.66. The van der Waals surface area contributed by atoms with Crippen molar-refractivity contribution in [1.29, 1.82) is 0 Å². The molecule has 1 atom stereocenters. The summed E-state index contributed by atoms with van der Waals surface area (Å²) in [5.41, 5.74) is 0. The number of hydrogen-bond acceptors (Lipinski definition) is 2. The summed E-state index contributed by atoms with van der Waals surface area (Å²) >= 11 is 0. The van der Waals surface area contributed by atoms with Crippen LogP contribution in [-0.2, 0) is 0 Å². The Morgan fingerprint density at radius 2 is 1.62 bits per heavy atom. The predicted octanol–water partition coefficient (Wildman–Crippen LogP) is 1.88. The minimum Gasteiger partial charge on any atom is -0.396 e. The van der Waals surface area contributed by atoms with Gasteiger partial charge in [-0.25, -0.2) is 0 Å². The lowest BCUT2D eigenvalue weighted by Crippen LogP contribution is -2.32. The molecule has 1 fully saturated rings. The van der Waals surface area contributed by atoms with Gasteiger partial charge in [0.2, 0.25) is 0 Å². The third kappa shape index (κ3) is 4.63. The topological polar surface area (TPSA) is 23.5 Å². The maximum Gasteiger partial charge on any atom is 0.0468 e. The van der Waals surface area contributed by atoms with Gasteiger partial charge >= 0.3 is 0 Å². The number of aliphatic hydroxyl groups is 1. The van der Waals surface area contributed by atoms with Gasteiger partial charge in [0, 0.05) is 13.2 Å². The van der Waals surface area contributed by atoms with E-state index in [4.69, 9.17) is 5.11 Å². The number of nitrogens with zero attached hydrogens (tertiary/aromatic N) is 1. The predicted molar refractivity (Wildman–Crippen MR) is 55.8 cm³/mol. The van der Waals surface area contributed by atoms with Crippen molar-refractivity contribution >= 4 is 0 Å². The van der Waals surface area contributed by atoms with Gasteiger partial charge in [-0.2, -0.15) is 0 Å². The molecule has 78 valence electrons. The maximum atomic E-state index is 8.96. The van der Waals surface area contributed by atoms with E-state index in [-0.39, 0.29) is 0 Å². The van der Waals surface area contributed by atoms with Crippen molar-refractivity contribution in [1.82, 2.24) is 4.90 Å². The van der Waals surface area contributed by atoms with E-state index in [2.05, 4.69) is 11.8 Å². The molecule has 0 aromatic rings. The van der Waals surface area contributed by atoms with Gasteiger partial charge < -0.3 is 10.0 Å². The number of rotatable bonds is 3. The quantitative estimate of drug-likeness (QED) is 0.725. The van der Waals surface area contributed by atoms with Gasteiger partial charge in [0.05, 0.1) is 0 Å². The molecule has 0 spiro atoms. The fraction of sp³-hybridized carbons (Fsp3) is 1.00. The Morgan fingerprint density at radius 1 is 1.08 bits per heavy atom. The van der Waals surface area contributed by atoms with Crippen LogP contribution in [0.1, 0.15) is 39.0 Å². The van der Waals surface area contributed by atoms with Crippen LogP contribution in [0.2, 0.25) is 0 Å². The zero-order valence-corrected chi connectivity index (χ0v) is 8.84. The van der Waals surface area contributed by atoms with Crippen LogP contribution >= 0.6 is 0 Å². The van der Waals surface area contributed by atoms with Gasteiger partial charge in [0.1, 0.15) is 0 Å². The lowest BCUT2D eigenvalue weighted by molar-refractivity contribution is 0.164. The fourth-order valence-corrected chi connectivity index (χ4v) is 1.99. The van der Waals surface area contributed by atoms with Gasteiger partial charge in [-0.05, 0) is 31.8 Å². The molecule has 1 rings (SSSR count). The summed E-state index contributed by atoms with van der Waals surface area (Å²) in [5.74, 6) is 0.444. The summed E-state index contributed by atoms with van der Waals surface area (Å²) in [6.07, 6.45) is 6.90. The summed E-state index contributed by atoms with van der Waals surface area (Å²) in [6.45, 7) is 6.01. The molecule has 2 nitrogen and oxygen atoms in total. The molecule has 0 bridgehead atoms. The first-order valence-corrected chi connectivity index (χ1v) is 5.66. The average Bonchev–Trinajstić information content (AvgIpc) is 2.09. The summed E-state index contributed by atoms with van der Waals surface area (Å²) < 4.78 is 0. The lowest BCUT2D eigenvalue weighted by Gasteiger charge is -2.26. The van der Waals surface area contributed by atoms with Gasteiger partial charge in [-0.3, -0.25) is 0 Å². The highest BCUT2D eigenvalue weighted by Crippen LogP contribution is 2.11. The molecule has 0 aromatic carbocycles. The van der Waals surface area contributed by atoms with Gasteiger partial charge in [-0.1, -0.05) is 26.2 Å². The van der Waals surface area contributed by atoms with Crippen LogP contribution in [0.5, 0.6) is 0 Å². The molecule has 2 heteroatoms. The third-order valence-corrected chi connectivity index (χ3v) is 2.83. The first-order chi connectivity index (χ1) is 6.33. The second-order valence-electron chi connectivity index (χ2n) is 4.36. The zero-order valence-electron chi connectivity index (χ0n) is 8.84. The van der Waals surface area contributed by atoms with E-state index in [0.29, 0.717) is 12.5 Å². The highest BCUT2D eigenvalue weighted by atomic mass is 16.3. The molecule has 1 saturated heterocycles. The Bertz CT molecular complexity index is 119. The molecule has 1 aliphatic heterocycles. The third-order valence-electron chi connectivity index (χ3n) is 2.83. The van der Waals surface area contributed by atoms with E-state index in [1.165, 1.54) is 45.2 Å². The SMILES string of the molecule is CC(CO)CN1CCCCCCC1. The van der Waals surface area contributed by atoms with E-state index in [1.54, 1.807) is 0 Å². The Balaban J connectivity index is 2.21. The molecular formula is C11H23NO. The van der Waals surface area contributed by atoms with E-state index >= 15 is 0 Å². The zero-order chi connectivity index (χ0) is 9.52. The smallest absolute Gasteiger partial charge is 0.0468 e. The molecule has 1 heterocycles. The summed E-state index contributed by atoms with van der Waals surface area (Å²) in [7, 11) is 0. The lowest BCUT2D eigenvalue weighted by atomic mass is 10.1. The Hall–Kier alpha value is -0.0800. The Kier molecular flexibility index (Phi) is 5.40. The van der Waals surface area contributed by atoms with Gasteiger partial charge in [-0.15, -0.1) is 0 Å². The van der Waals surface area contributed by atoms with Crippen molar-refractivity contribution in [2.45, 2.75) is 39.0 Å². The van der Waals surface area contributed by atoms with Crippen LogP contribution in [0.15, 0.2) is 0 Å². The second-order valence-corrected chi connectivity index (χ2v) is 4.36. The van der Waals surface area contributed by atoms with E-state index < -0.39 is 0 Å². The van der Waals surface area contributed by atoms with Crippen LogP contribution in [-0.4, -0.2) is 36.2 Å². The van der Waals surface area contributed by atoms with Crippen LogP contribution < -0.4 is 0 Å². The van der Waals surface area contributed by atoms with E-state index in [9.17, 15) is 0 Å². The molecule has 13 heavy (non-hydrogen) atoms. The van der Waals surface area contributed by atoms with E-state index in [1.807, 2.05) is 0 Å². The highest BCUT2D eigenvalue weighted by molar-refractivity contribution is 4.65. The van der Waals surface area contributed by atoms with Crippen LogP contribution in [0.25, 0.3) is 0 Å². The fourth-order valence-electron chi connectivity index (χ4n) is 1.99. The molecule has 0 radical (unpaired) electrons. The Morgan fingerprint density at radius 3 is 2.15 bits per heavy atom. The Labute approximate surface area is 81.9 Å². The van der Waals surface area contributed by atoms with Crippen LogP contribution in [0, 0.1) is 5.92 Å². The van der Waals surface area contributed by atoms with Crippen molar-refractivity contribution in [2.24, 2.45) is 5.92 Å². The molecule has 1 unspecified atom stereocenters. The normalized spacial score (nSPS) is 23.5. The van der Waals surface area contributed by atoms with Crippen LogP contribution in [0.4, 0.5) is 0 Å². The van der Waals surface area contributed by atoms with Crippen LogP contribution in [0.3, 0.4) is 0 Å². The van der Waals surface area contributed by atoms with Crippen molar-refractivity contribution < 1.29 is 5.11 Å². The maximum absolute atomic E-state index is 8.96. The highest BCUT2D eigenvalue weighted by Gasteiger charge is 2.10. The minimum absolute atomic E-state index is 0.330.